The molecule has 1 saturated carbocycles. The molecular weight excluding hydrogens is 752 g/mol. The van der Waals surface area contributed by atoms with Gasteiger partial charge < -0.3 is 19.5 Å². The summed E-state index contributed by atoms with van der Waals surface area (Å²) in [6, 6.07) is 13.5. The molecule has 0 unspecified atom stereocenters. The average molecular weight is 786 g/mol. The maximum absolute atomic E-state index is 15.2. The molecule has 1 atom stereocenters. The van der Waals surface area contributed by atoms with Gasteiger partial charge in [0, 0.05) is 18.1 Å². The summed E-state index contributed by atoms with van der Waals surface area (Å²) in [6.45, 7) is 0.315. The highest BCUT2D eigenvalue weighted by atomic mass is 19.4. The molecule has 0 aliphatic heterocycles. The number of carbonyl (C=O) groups excluding carboxylic acids is 2. The Morgan fingerprint density at radius 2 is 1.42 bits per heavy atom. The molecule has 0 bridgehead atoms. The normalized spacial score (nSPS) is 17.3. The standard InChI is InChI=1S/C39H33F10NO5/c1-53-35(52)24-6-2-23(3-7-24)21-54-30-13-4-22(5-14-30)20-37(26-9-11-28(40)12-10-26,27-17-29(41)19-31(18-27)55-39(48,49)36(43)44)50-34(51)25-8-15-33(42)32(16-25)38(45,46)47/h4-5,8-19,23-24,36H,2-3,6-7,20-21H2,1H3,(H,50,51)/t23?,24?,37-/m1/s1. The predicted molar refractivity (Wildman–Crippen MR) is 177 cm³/mol. The van der Waals surface area contributed by atoms with Gasteiger partial charge in [0.25, 0.3) is 5.91 Å². The van der Waals surface area contributed by atoms with E-state index < -0.39 is 76.5 Å². The molecule has 1 fully saturated rings. The zero-order chi connectivity index (χ0) is 40.1. The molecule has 0 spiro atoms. The van der Waals surface area contributed by atoms with Crippen molar-refractivity contribution in [2.45, 2.75) is 56.4 Å². The molecule has 0 aromatic heterocycles. The van der Waals surface area contributed by atoms with E-state index in [-0.39, 0.29) is 29.4 Å². The number of nitrogens with one attached hydrogen (secondary N) is 1. The molecule has 55 heavy (non-hydrogen) atoms. The van der Waals surface area contributed by atoms with Gasteiger partial charge in [-0.05, 0) is 103 Å². The number of rotatable bonds is 13. The van der Waals surface area contributed by atoms with Gasteiger partial charge in [-0.1, -0.05) is 24.3 Å². The van der Waals surface area contributed by atoms with Crippen molar-refractivity contribution < 1.29 is 67.7 Å². The van der Waals surface area contributed by atoms with Crippen LogP contribution in [0.5, 0.6) is 11.5 Å². The number of esters is 1. The fourth-order valence-corrected chi connectivity index (χ4v) is 6.47. The molecule has 0 saturated heterocycles. The Morgan fingerprint density at radius 1 is 0.764 bits per heavy atom. The number of hydrogen-bond acceptors (Lipinski definition) is 5. The van der Waals surface area contributed by atoms with Crippen LogP contribution in [-0.2, 0) is 27.7 Å². The van der Waals surface area contributed by atoms with Crippen LogP contribution in [-0.4, -0.2) is 38.1 Å². The Kier molecular flexibility index (Phi) is 12.4. The predicted octanol–water partition coefficient (Wildman–Crippen LogP) is 9.63. The fraction of sp³-hybridized carbons (Fsp3) is 0.333. The first kappa shape index (κ1) is 40.9. The number of benzene rings is 4. The Bertz CT molecular complexity index is 1960. The Hall–Kier alpha value is -5.28. The zero-order valence-corrected chi connectivity index (χ0v) is 28.9. The maximum Gasteiger partial charge on any atom is 0.461 e. The van der Waals surface area contributed by atoms with Crippen molar-refractivity contribution in [1.82, 2.24) is 5.32 Å². The summed E-state index contributed by atoms with van der Waals surface area (Å²) >= 11 is 0. The van der Waals surface area contributed by atoms with Crippen molar-refractivity contribution in [2.75, 3.05) is 13.7 Å². The Balaban J connectivity index is 1.55. The minimum Gasteiger partial charge on any atom is -0.493 e. The molecule has 4 aromatic rings. The average Bonchev–Trinajstić information content (AvgIpc) is 3.13. The van der Waals surface area contributed by atoms with Gasteiger partial charge in [0.1, 0.15) is 29.0 Å². The van der Waals surface area contributed by atoms with Crippen molar-refractivity contribution in [3.63, 3.8) is 0 Å². The van der Waals surface area contributed by atoms with Crippen molar-refractivity contribution in [2.24, 2.45) is 11.8 Å². The molecule has 1 aliphatic rings. The van der Waals surface area contributed by atoms with Crippen LogP contribution in [0.15, 0.2) is 84.9 Å². The quantitative estimate of drug-likeness (QED) is 0.108. The van der Waals surface area contributed by atoms with E-state index in [9.17, 15) is 49.1 Å². The first-order valence-electron chi connectivity index (χ1n) is 16.8. The van der Waals surface area contributed by atoms with Crippen LogP contribution < -0.4 is 14.8 Å². The lowest BCUT2D eigenvalue weighted by molar-refractivity contribution is -0.253. The van der Waals surface area contributed by atoms with Gasteiger partial charge in [-0.2, -0.15) is 30.7 Å². The largest absolute Gasteiger partial charge is 0.493 e. The second-order valence-corrected chi connectivity index (χ2v) is 13.1. The third-order valence-corrected chi connectivity index (χ3v) is 9.33. The van der Waals surface area contributed by atoms with Crippen molar-refractivity contribution in [1.29, 1.82) is 0 Å². The van der Waals surface area contributed by atoms with E-state index in [1.165, 1.54) is 19.2 Å². The van der Waals surface area contributed by atoms with Gasteiger partial charge >= 0.3 is 24.7 Å². The number of alkyl halides is 7. The Labute approximate surface area is 308 Å². The maximum atomic E-state index is 15.2. The molecule has 6 nitrogen and oxygen atoms in total. The molecule has 1 N–H and O–H groups in total. The molecule has 5 rings (SSSR count). The summed E-state index contributed by atoms with van der Waals surface area (Å²) in [4.78, 5) is 25.7. The molecule has 0 heterocycles. The van der Waals surface area contributed by atoms with Gasteiger partial charge in [0.2, 0.25) is 0 Å². The molecular formula is C39H33F10NO5. The number of halogens is 10. The van der Waals surface area contributed by atoms with Gasteiger partial charge in [-0.25, -0.2) is 13.2 Å². The summed E-state index contributed by atoms with van der Waals surface area (Å²) in [6.07, 6.45) is -12.4. The third kappa shape index (κ3) is 9.89. The smallest absolute Gasteiger partial charge is 0.461 e. The highest BCUT2D eigenvalue weighted by Crippen LogP contribution is 2.39. The van der Waals surface area contributed by atoms with Crippen molar-refractivity contribution in [3.8, 4) is 11.5 Å². The van der Waals surface area contributed by atoms with E-state index in [0.29, 0.717) is 42.9 Å². The number of hydrogen-bond donors (Lipinski definition) is 1. The van der Waals surface area contributed by atoms with Gasteiger partial charge in [0.15, 0.2) is 0 Å². The van der Waals surface area contributed by atoms with Crippen LogP contribution in [0.4, 0.5) is 43.9 Å². The molecule has 294 valence electrons. The molecule has 1 amide bonds. The van der Waals surface area contributed by atoms with E-state index >= 15 is 4.39 Å². The topological polar surface area (TPSA) is 73.9 Å². The summed E-state index contributed by atoms with van der Waals surface area (Å²) in [5, 5.41) is 2.51. The Morgan fingerprint density at radius 3 is 2.02 bits per heavy atom. The molecule has 4 aromatic carbocycles. The lowest BCUT2D eigenvalue weighted by Crippen LogP contribution is -2.49. The van der Waals surface area contributed by atoms with E-state index in [0.717, 1.165) is 55.3 Å². The van der Waals surface area contributed by atoms with E-state index in [2.05, 4.69) is 10.1 Å². The van der Waals surface area contributed by atoms with Crippen LogP contribution in [0.1, 0.15) is 58.3 Å². The minimum absolute atomic E-state index is 0.0551. The first-order valence-corrected chi connectivity index (χ1v) is 16.8. The first-order chi connectivity index (χ1) is 25.9. The van der Waals surface area contributed by atoms with E-state index in [4.69, 9.17) is 9.47 Å². The fourth-order valence-electron chi connectivity index (χ4n) is 6.47. The highest BCUT2D eigenvalue weighted by Gasteiger charge is 2.45. The zero-order valence-electron chi connectivity index (χ0n) is 28.9. The van der Waals surface area contributed by atoms with Crippen LogP contribution in [0.3, 0.4) is 0 Å². The van der Waals surface area contributed by atoms with Crippen LogP contribution in [0, 0.1) is 29.3 Å². The SMILES string of the molecule is COC(=O)C1CCC(COc2ccc(C[C@@](NC(=O)c3ccc(F)c(C(F)(F)F)c3)(c3ccc(F)cc3)c3cc(F)cc(OC(F)(F)C(F)F)c3)cc2)CC1. The summed E-state index contributed by atoms with van der Waals surface area (Å²) in [5.41, 5.74) is -4.82. The van der Waals surface area contributed by atoms with Crippen molar-refractivity contribution >= 4 is 11.9 Å². The second kappa shape index (κ2) is 16.6. The lowest BCUT2D eigenvalue weighted by Gasteiger charge is -2.37. The van der Waals surface area contributed by atoms with E-state index in [1.54, 1.807) is 12.1 Å². The second-order valence-electron chi connectivity index (χ2n) is 13.1. The van der Waals surface area contributed by atoms with Gasteiger partial charge in [-0.15, -0.1) is 0 Å². The minimum atomic E-state index is -5.22. The monoisotopic (exact) mass is 785 g/mol. The van der Waals surface area contributed by atoms with E-state index in [1.807, 2.05) is 0 Å². The molecule has 1 aliphatic carbocycles. The van der Waals surface area contributed by atoms with Gasteiger partial charge in [-0.3, -0.25) is 9.59 Å². The highest BCUT2D eigenvalue weighted by molar-refractivity contribution is 5.95. The lowest BCUT2D eigenvalue weighted by atomic mass is 9.77. The van der Waals surface area contributed by atoms with Crippen LogP contribution in [0.2, 0.25) is 0 Å². The molecule has 16 heteroatoms. The van der Waals surface area contributed by atoms with Crippen LogP contribution >= 0.6 is 0 Å². The van der Waals surface area contributed by atoms with Gasteiger partial charge in [0.05, 0.1) is 30.7 Å². The number of carbonyl (C=O) groups is 2. The number of methoxy groups -OCH3 is 1. The van der Waals surface area contributed by atoms with Crippen molar-refractivity contribution in [3.05, 3.63) is 130 Å². The summed E-state index contributed by atoms with van der Waals surface area (Å²) in [7, 11) is 1.33. The molecule has 0 radical (unpaired) electrons. The summed E-state index contributed by atoms with van der Waals surface area (Å²) in [5.74, 6) is -6.06. The number of amides is 1. The number of ether oxygens (including phenoxy) is 3. The summed E-state index contributed by atoms with van der Waals surface area (Å²) < 4.78 is 154. The third-order valence-electron chi connectivity index (χ3n) is 9.33. The van der Waals surface area contributed by atoms with Crippen LogP contribution in [0.25, 0.3) is 0 Å².